The van der Waals surface area contributed by atoms with E-state index in [1.807, 2.05) is 22.6 Å². The predicted molar refractivity (Wildman–Crippen MR) is 58.5 cm³/mol. The Kier molecular flexibility index (Phi) is 4.12. The quantitative estimate of drug-likeness (QED) is 0.619. The monoisotopic (exact) mass is 312 g/mol. The normalized spacial score (nSPS) is 10.1. The summed E-state index contributed by atoms with van der Waals surface area (Å²) in [7, 11) is 0. The molecule has 0 bridgehead atoms. The summed E-state index contributed by atoms with van der Waals surface area (Å²) in [5.74, 6) is -0.571. The number of Topliss-reactive ketones (excluding diaryl/α,β-unsaturated/α-hetero) is 1. The van der Waals surface area contributed by atoms with Crippen molar-refractivity contribution in [2.45, 2.75) is 6.42 Å². The summed E-state index contributed by atoms with van der Waals surface area (Å²) >= 11 is 7.33. The molecule has 0 spiro atoms. The minimum atomic E-state index is -0.342. The highest BCUT2D eigenvalue weighted by molar-refractivity contribution is 14.1. The Morgan fingerprint density at radius 3 is 2.77 bits per heavy atom. The van der Waals surface area contributed by atoms with Crippen LogP contribution in [0, 0.1) is 9.39 Å². The molecule has 1 aromatic rings. The van der Waals surface area contributed by atoms with Crippen molar-refractivity contribution in [3.05, 3.63) is 33.1 Å². The molecule has 0 aliphatic carbocycles. The van der Waals surface area contributed by atoms with Crippen molar-refractivity contribution in [3.8, 4) is 0 Å². The Bertz CT molecular complexity index is 327. The number of ketones is 1. The first kappa shape index (κ1) is 10.9. The second kappa shape index (κ2) is 4.91. The Balaban J connectivity index is 2.83. The third-order valence-corrected chi connectivity index (χ3v) is 2.52. The van der Waals surface area contributed by atoms with Crippen LogP contribution in [0.25, 0.3) is 0 Å². The van der Waals surface area contributed by atoms with Gasteiger partial charge >= 0.3 is 0 Å². The SMILES string of the molecule is O=C(CCl)Cc1ccc(I)cc1F. The molecule has 0 fully saturated rings. The van der Waals surface area contributed by atoms with Crippen LogP contribution >= 0.6 is 34.2 Å². The van der Waals surface area contributed by atoms with Crippen molar-refractivity contribution in [3.63, 3.8) is 0 Å². The predicted octanol–water partition coefficient (Wildman–Crippen LogP) is 2.78. The maximum atomic E-state index is 13.1. The number of halogens is 3. The van der Waals surface area contributed by atoms with E-state index < -0.39 is 0 Å². The molecule has 0 saturated heterocycles. The van der Waals surface area contributed by atoms with Gasteiger partial charge in [-0.1, -0.05) is 6.07 Å². The van der Waals surface area contributed by atoms with E-state index in [1.54, 1.807) is 12.1 Å². The largest absolute Gasteiger partial charge is 0.298 e. The Labute approximate surface area is 94.4 Å². The minimum absolute atomic E-state index is 0.0641. The average Bonchev–Trinajstić information content (AvgIpc) is 2.09. The number of hydrogen-bond acceptors (Lipinski definition) is 1. The van der Waals surface area contributed by atoms with E-state index in [0.29, 0.717) is 5.56 Å². The van der Waals surface area contributed by atoms with Gasteiger partial charge in [0, 0.05) is 9.99 Å². The van der Waals surface area contributed by atoms with Crippen LogP contribution in [0.3, 0.4) is 0 Å². The van der Waals surface area contributed by atoms with Gasteiger partial charge in [0.2, 0.25) is 0 Å². The second-order valence-corrected chi connectivity index (χ2v) is 4.10. The van der Waals surface area contributed by atoms with Crippen LogP contribution in [-0.2, 0) is 11.2 Å². The second-order valence-electron chi connectivity index (χ2n) is 2.58. The highest BCUT2D eigenvalue weighted by Gasteiger charge is 2.07. The van der Waals surface area contributed by atoms with Gasteiger partial charge in [0.1, 0.15) is 5.82 Å². The lowest BCUT2D eigenvalue weighted by Gasteiger charge is -2.00. The molecular formula is C9H7ClFIO. The van der Waals surface area contributed by atoms with Crippen molar-refractivity contribution in [2.24, 2.45) is 0 Å². The van der Waals surface area contributed by atoms with Crippen molar-refractivity contribution in [2.75, 3.05) is 5.88 Å². The maximum Gasteiger partial charge on any atom is 0.152 e. The van der Waals surface area contributed by atoms with E-state index in [-0.39, 0.29) is 23.9 Å². The van der Waals surface area contributed by atoms with Gasteiger partial charge in [-0.05, 0) is 40.3 Å². The van der Waals surface area contributed by atoms with Crippen LogP contribution in [0.4, 0.5) is 4.39 Å². The molecule has 0 aromatic heterocycles. The summed E-state index contributed by atoms with van der Waals surface area (Å²) < 4.78 is 14.0. The summed E-state index contributed by atoms with van der Waals surface area (Å²) in [5, 5.41) is 0. The molecule has 1 nitrogen and oxygen atoms in total. The van der Waals surface area contributed by atoms with Gasteiger partial charge in [0.15, 0.2) is 5.78 Å². The molecule has 70 valence electrons. The summed E-state index contributed by atoms with van der Waals surface area (Å²) in [5.41, 5.74) is 0.408. The number of rotatable bonds is 3. The molecule has 0 radical (unpaired) electrons. The van der Waals surface area contributed by atoms with Crippen molar-refractivity contribution in [1.82, 2.24) is 0 Å². The van der Waals surface area contributed by atoms with Crippen LogP contribution in [0.5, 0.6) is 0 Å². The molecule has 1 aromatic carbocycles. The first-order valence-electron chi connectivity index (χ1n) is 3.65. The number of carbonyl (C=O) groups is 1. The molecule has 1 rings (SSSR count). The van der Waals surface area contributed by atoms with Gasteiger partial charge in [0.25, 0.3) is 0 Å². The molecule has 13 heavy (non-hydrogen) atoms. The molecule has 0 atom stereocenters. The minimum Gasteiger partial charge on any atom is -0.298 e. The van der Waals surface area contributed by atoms with Gasteiger partial charge < -0.3 is 0 Å². The van der Waals surface area contributed by atoms with Gasteiger partial charge in [-0.15, -0.1) is 11.6 Å². The average molecular weight is 313 g/mol. The summed E-state index contributed by atoms with van der Waals surface area (Å²) in [6, 6.07) is 4.78. The topological polar surface area (TPSA) is 17.1 Å². The van der Waals surface area contributed by atoms with Gasteiger partial charge in [-0.25, -0.2) is 4.39 Å². The smallest absolute Gasteiger partial charge is 0.152 e. The van der Waals surface area contributed by atoms with Crippen LogP contribution < -0.4 is 0 Å². The molecule has 0 saturated carbocycles. The van der Waals surface area contributed by atoms with Gasteiger partial charge in [-0.2, -0.15) is 0 Å². The molecule has 4 heteroatoms. The van der Waals surface area contributed by atoms with E-state index in [1.165, 1.54) is 6.07 Å². The number of hydrogen-bond donors (Lipinski definition) is 0. The van der Waals surface area contributed by atoms with Gasteiger partial charge in [0.05, 0.1) is 5.88 Å². The standard InChI is InChI=1S/C9H7ClFIO/c10-5-8(13)3-6-1-2-7(12)4-9(6)11/h1-2,4H,3,5H2. The third kappa shape index (κ3) is 3.23. The molecule has 0 aliphatic rings. The molecule has 0 unspecified atom stereocenters. The van der Waals surface area contributed by atoms with Crippen LogP contribution in [0.2, 0.25) is 0 Å². The van der Waals surface area contributed by atoms with Crippen molar-refractivity contribution >= 4 is 40.0 Å². The van der Waals surface area contributed by atoms with E-state index in [2.05, 4.69) is 0 Å². The fraction of sp³-hybridized carbons (Fsp3) is 0.222. The molecular weight excluding hydrogens is 305 g/mol. The summed E-state index contributed by atoms with van der Waals surface area (Å²) in [6.07, 6.45) is 0.0756. The zero-order valence-corrected chi connectivity index (χ0v) is 9.60. The fourth-order valence-corrected chi connectivity index (χ4v) is 1.47. The first-order chi connectivity index (χ1) is 6.13. The lowest BCUT2D eigenvalue weighted by atomic mass is 10.1. The molecule has 0 N–H and O–H groups in total. The Hall–Kier alpha value is -0.160. The highest BCUT2D eigenvalue weighted by atomic mass is 127. The zero-order valence-electron chi connectivity index (χ0n) is 6.69. The highest BCUT2D eigenvalue weighted by Crippen LogP contribution is 2.13. The Morgan fingerprint density at radius 1 is 1.54 bits per heavy atom. The molecule has 0 heterocycles. The third-order valence-electron chi connectivity index (χ3n) is 1.55. The first-order valence-corrected chi connectivity index (χ1v) is 5.26. The van der Waals surface area contributed by atoms with Crippen LogP contribution in [0.15, 0.2) is 18.2 Å². The lowest BCUT2D eigenvalue weighted by Crippen LogP contribution is -2.05. The fourth-order valence-electron chi connectivity index (χ4n) is 0.925. The summed E-state index contributed by atoms with van der Waals surface area (Å²) in [6.45, 7) is 0. The van der Waals surface area contributed by atoms with E-state index in [9.17, 15) is 9.18 Å². The zero-order chi connectivity index (χ0) is 9.84. The van der Waals surface area contributed by atoms with Crippen molar-refractivity contribution in [1.29, 1.82) is 0 Å². The van der Waals surface area contributed by atoms with E-state index >= 15 is 0 Å². The number of alkyl halides is 1. The Morgan fingerprint density at radius 2 is 2.23 bits per heavy atom. The number of benzene rings is 1. The lowest BCUT2D eigenvalue weighted by molar-refractivity contribution is -0.116. The van der Waals surface area contributed by atoms with E-state index in [0.717, 1.165) is 3.57 Å². The maximum absolute atomic E-state index is 13.1. The number of carbonyl (C=O) groups excluding carboxylic acids is 1. The van der Waals surface area contributed by atoms with Crippen LogP contribution in [0.1, 0.15) is 5.56 Å². The van der Waals surface area contributed by atoms with Gasteiger partial charge in [-0.3, -0.25) is 4.79 Å². The summed E-state index contributed by atoms with van der Waals surface area (Å²) in [4.78, 5) is 10.9. The molecule has 0 amide bonds. The van der Waals surface area contributed by atoms with Crippen molar-refractivity contribution < 1.29 is 9.18 Å². The molecule has 0 aliphatic heterocycles. The van der Waals surface area contributed by atoms with E-state index in [4.69, 9.17) is 11.6 Å². The van der Waals surface area contributed by atoms with Crippen LogP contribution in [-0.4, -0.2) is 11.7 Å².